The zero-order chi connectivity index (χ0) is 39.5. The molecule has 0 bridgehead atoms. The van der Waals surface area contributed by atoms with Crippen molar-refractivity contribution in [3.05, 3.63) is 65.1 Å². The quantitative estimate of drug-likeness (QED) is 0.133. The molecule has 0 spiro atoms. The lowest BCUT2D eigenvalue weighted by Crippen LogP contribution is -2.57. The number of hydrogen-bond donors (Lipinski definition) is 5. The number of piperazine rings is 1. The topological polar surface area (TPSA) is 169 Å². The number of pyridine rings is 1. The van der Waals surface area contributed by atoms with Gasteiger partial charge in [-0.2, -0.15) is 0 Å². The fourth-order valence-corrected chi connectivity index (χ4v) is 7.92. The maximum Gasteiger partial charge on any atom is 0.269 e. The normalized spacial score (nSPS) is 18.4. The summed E-state index contributed by atoms with van der Waals surface area (Å²) in [5, 5.41) is 22.9. The summed E-state index contributed by atoms with van der Waals surface area (Å²) in [4.78, 5) is 66.7. The predicted molar refractivity (Wildman–Crippen MR) is 216 cm³/mol. The smallest absolute Gasteiger partial charge is 0.269 e. The third-order valence-electron chi connectivity index (χ3n) is 10.4. The first-order valence-corrected chi connectivity index (χ1v) is 20.5. The first-order chi connectivity index (χ1) is 26.3. The summed E-state index contributed by atoms with van der Waals surface area (Å²) in [6.45, 7) is 13.8. The van der Waals surface area contributed by atoms with E-state index in [4.69, 9.17) is 0 Å². The van der Waals surface area contributed by atoms with Crippen molar-refractivity contribution in [1.29, 1.82) is 0 Å². The molecule has 3 aromatic rings. The number of benzene rings is 1. The summed E-state index contributed by atoms with van der Waals surface area (Å²) >= 11 is 1.58. The second-order valence-electron chi connectivity index (χ2n) is 15.8. The summed E-state index contributed by atoms with van der Waals surface area (Å²) in [7, 11) is 0. The first-order valence-electron chi connectivity index (χ1n) is 19.6. The molecule has 2 fully saturated rings. The number of rotatable bonds is 16. The van der Waals surface area contributed by atoms with Crippen molar-refractivity contribution in [2.75, 3.05) is 44.2 Å². The molecule has 13 nitrogen and oxygen atoms in total. The number of aryl methyl sites for hydroxylation is 1. The van der Waals surface area contributed by atoms with E-state index in [1.807, 2.05) is 70.5 Å². The van der Waals surface area contributed by atoms with E-state index >= 15 is 0 Å². The minimum Gasteiger partial charge on any atom is -0.391 e. The number of thiazole rings is 1. The average Bonchev–Trinajstić information content (AvgIpc) is 3.79. The molecule has 2 saturated heterocycles. The van der Waals surface area contributed by atoms with E-state index < -0.39 is 23.6 Å². The number of nitrogens with one attached hydrogen (secondary N) is 4. The fraction of sp³-hybridized carbons (Fsp3) is 0.561. The molecule has 0 unspecified atom stereocenters. The van der Waals surface area contributed by atoms with Crippen LogP contribution < -0.4 is 26.2 Å². The van der Waals surface area contributed by atoms with Gasteiger partial charge in [-0.05, 0) is 55.4 Å². The van der Waals surface area contributed by atoms with Gasteiger partial charge in [0.25, 0.3) is 5.91 Å². The van der Waals surface area contributed by atoms with Gasteiger partial charge in [0.15, 0.2) is 0 Å². The number of aliphatic hydroxyl groups is 1. The van der Waals surface area contributed by atoms with Crippen molar-refractivity contribution >= 4 is 40.7 Å². The average molecular weight is 775 g/mol. The van der Waals surface area contributed by atoms with Crippen LogP contribution in [0.2, 0.25) is 0 Å². The maximum absolute atomic E-state index is 14.0. The van der Waals surface area contributed by atoms with E-state index in [0.717, 1.165) is 79.2 Å². The molecule has 1 aromatic carbocycles. The van der Waals surface area contributed by atoms with Gasteiger partial charge in [-0.1, -0.05) is 64.3 Å². The number of anilines is 1. The summed E-state index contributed by atoms with van der Waals surface area (Å²) in [6, 6.07) is 9.66. The van der Waals surface area contributed by atoms with E-state index in [9.17, 15) is 24.3 Å². The largest absolute Gasteiger partial charge is 0.391 e. The zero-order valence-corrected chi connectivity index (χ0v) is 33.7. The van der Waals surface area contributed by atoms with Gasteiger partial charge in [-0.25, -0.2) is 9.97 Å². The molecule has 2 aromatic heterocycles. The Kier molecular flexibility index (Phi) is 14.8. The lowest BCUT2D eigenvalue weighted by Gasteiger charge is -2.35. The summed E-state index contributed by atoms with van der Waals surface area (Å²) in [5.41, 5.74) is 5.59. The zero-order valence-electron chi connectivity index (χ0n) is 32.9. The number of carbonyl (C=O) groups is 4. The minimum atomic E-state index is -0.864. The maximum atomic E-state index is 14.0. The Morgan fingerprint density at radius 3 is 2.33 bits per heavy atom. The number of β-amino-alcohol motifs (C(OH)–C–C–N with tert-alkyl or cyclic N) is 1. The van der Waals surface area contributed by atoms with Crippen LogP contribution in [0.3, 0.4) is 0 Å². The molecule has 4 heterocycles. The van der Waals surface area contributed by atoms with Crippen molar-refractivity contribution in [2.45, 2.75) is 104 Å². The number of aromatic nitrogens is 2. The van der Waals surface area contributed by atoms with Crippen LogP contribution in [-0.2, 0) is 14.4 Å². The number of likely N-dealkylation sites (tertiary alicyclic amines) is 1. The highest BCUT2D eigenvalue weighted by Crippen LogP contribution is 2.30. The second-order valence-corrected chi connectivity index (χ2v) is 16.6. The molecule has 0 saturated carbocycles. The molecular weight excluding hydrogens is 717 g/mol. The van der Waals surface area contributed by atoms with E-state index in [2.05, 4.69) is 36.1 Å². The monoisotopic (exact) mass is 774 g/mol. The van der Waals surface area contributed by atoms with Crippen LogP contribution in [0.25, 0.3) is 10.4 Å². The van der Waals surface area contributed by atoms with Crippen molar-refractivity contribution in [3.8, 4) is 10.4 Å². The van der Waals surface area contributed by atoms with Gasteiger partial charge in [-0.3, -0.25) is 19.2 Å². The van der Waals surface area contributed by atoms with E-state index in [-0.39, 0.29) is 49.1 Å². The highest BCUT2D eigenvalue weighted by Gasteiger charge is 2.44. The lowest BCUT2D eigenvalue weighted by molar-refractivity contribution is -0.144. The molecule has 4 amide bonds. The van der Waals surface area contributed by atoms with Crippen molar-refractivity contribution < 1.29 is 24.3 Å². The molecule has 0 aliphatic carbocycles. The molecule has 5 N–H and O–H groups in total. The lowest BCUT2D eigenvalue weighted by atomic mass is 9.85. The molecule has 0 radical (unpaired) electrons. The van der Waals surface area contributed by atoms with Gasteiger partial charge < -0.3 is 36.2 Å². The first kappa shape index (κ1) is 41.8. The third-order valence-corrected chi connectivity index (χ3v) is 11.4. The minimum absolute atomic E-state index is 0.0245. The van der Waals surface area contributed by atoms with Gasteiger partial charge in [0.1, 0.15) is 17.8 Å². The molecule has 4 atom stereocenters. The SMILES string of the molecule is Cc1ncsc1-c1ccc([C@H](C)NC(=O)[C@@H]2C[C@@H](O)CN2C(=O)[C@@H](NC(=O)CCCCCCCNC(=O)c2ccc(N3CCNCC3)cn2)C(C)(C)C)cc1. The van der Waals surface area contributed by atoms with E-state index in [0.29, 0.717) is 18.7 Å². The van der Waals surface area contributed by atoms with Crippen LogP contribution in [0.4, 0.5) is 5.69 Å². The summed E-state index contributed by atoms with van der Waals surface area (Å²) < 4.78 is 0. The van der Waals surface area contributed by atoms with Crippen molar-refractivity contribution in [2.24, 2.45) is 5.41 Å². The highest BCUT2D eigenvalue weighted by atomic mass is 32.1. The number of carbonyl (C=O) groups excluding carboxylic acids is 4. The molecule has 2 aliphatic heterocycles. The second kappa shape index (κ2) is 19.5. The third kappa shape index (κ3) is 11.6. The van der Waals surface area contributed by atoms with Gasteiger partial charge >= 0.3 is 0 Å². The standard InChI is InChI=1S/C41H58N8O5S/c1-27(29-12-14-30(15-13-29)36-28(2)45-26-55-36)46-39(53)34-23-32(50)25-49(34)40(54)37(41(3,4)5)47-35(51)11-9-7-6-8-10-18-43-38(52)33-17-16-31(24-44-33)48-21-19-42-20-22-48/h12-17,24,26-27,32,34,37,42,50H,6-11,18-23,25H2,1-5H3,(H,43,52)(H,46,53)(H,47,51)/t27-,32+,34-,37+/m0/s1. The molecule has 2 aliphatic rings. The van der Waals surface area contributed by atoms with Crippen molar-refractivity contribution in [1.82, 2.24) is 36.1 Å². The highest BCUT2D eigenvalue weighted by molar-refractivity contribution is 7.13. The van der Waals surface area contributed by atoms with Gasteiger partial charge in [0.2, 0.25) is 17.7 Å². The van der Waals surface area contributed by atoms with Crippen LogP contribution in [-0.4, -0.2) is 101 Å². The Hall–Kier alpha value is -4.40. The van der Waals surface area contributed by atoms with E-state index in [1.54, 1.807) is 23.6 Å². The number of nitrogens with zero attached hydrogens (tertiary/aromatic N) is 4. The van der Waals surface area contributed by atoms with Crippen LogP contribution in [0.1, 0.15) is 100 Å². The molecular formula is C41H58N8O5S. The molecule has 14 heteroatoms. The number of amides is 4. The van der Waals surface area contributed by atoms with Gasteiger partial charge in [0, 0.05) is 52.1 Å². The summed E-state index contributed by atoms with van der Waals surface area (Å²) in [5.74, 6) is -1.11. The van der Waals surface area contributed by atoms with Gasteiger partial charge in [-0.15, -0.1) is 11.3 Å². The van der Waals surface area contributed by atoms with Crippen LogP contribution in [0.15, 0.2) is 48.1 Å². The van der Waals surface area contributed by atoms with Crippen LogP contribution >= 0.6 is 11.3 Å². The van der Waals surface area contributed by atoms with Gasteiger partial charge in [0.05, 0.1) is 40.1 Å². The Morgan fingerprint density at radius 2 is 1.67 bits per heavy atom. The van der Waals surface area contributed by atoms with Crippen LogP contribution in [0.5, 0.6) is 0 Å². The molecule has 298 valence electrons. The molecule has 5 rings (SSSR count). The fourth-order valence-electron chi connectivity index (χ4n) is 7.11. The Balaban J connectivity index is 1.02. The van der Waals surface area contributed by atoms with Crippen molar-refractivity contribution in [3.63, 3.8) is 0 Å². The van der Waals surface area contributed by atoms with Crippen LogP contribution in [0, 0.1) is 12.3 Å². The molecule has 55 heavy (non-hydrogen) atoms. The Labute approximate surface area is 329 Å². The number of aliphatic hydroxyl groups excluding tert-OH is 1. The Morgan fingerprint density at radius 1 is 0.964 bits per heavy atom. The Bertz CT molecular complexity index is 1740. The predicted octanol–water partition coefficient (Wildman–Crippen LogP) is 4.36. The number of unbranched alkanes of at least 4 members (excludes halogenated alkanes) is 4. The van der Waals surface area contributed by atoms with E-state index in [1.165, 1.54) is 4.90 Å². The summed E-state index contributed by atoms with van der Waals surface area (Å²) in [6.07, 6.45) is 5.49. The number of hydrogen-bond acceptors (Lipinski definition) is 10.